The van der Waals surface area contributed by atoms with E-state index in [1.54, 1.807) is 0 Å². The molecule has 2 aromatic rings. The van der Waals surface area contributed by atoms with Crippen LogP contribution in [0.25, 0.3) is 11.3 Å². The van der Waals surface area contributed by atoms with Crippen molar-refractivity contribution >= 4 is 6.29 Å². The number of hydrogen-bond donors (Lipinski definition) is 1. The largest absolute Gasteiger partial charge is 0.416 e. The molecule has 4 nitrogen and oxygen atoms in total. The maximum Gasteiger partial charge on any atom is 0.416 e. The van der Waals surface area contributed by atoms with Crippen LogP contribution in [0.4, 0.5) is 13.2 Å². The first-order valence-corrected chi connectivity index (χ1v) is 5.26. The van der Waals surface area contributed by atoms with Gasteiger partial charge in [-0.2, -0.15) is 13.2 Å². The molecule has 19 heavy (non-hydrogen) atoms. The van der Waals surface area contributed by atoms with Crippen molar-refractivity contribution in [2.24, 2.45) is 7.05 Å². The third-order valence-corrected chi connectivity index (χ3v) is 2.68. The van der Waals surface area contributed by atoms with Crippen LogP contribution in [0.3, 0.4) is 0 Å². The highest BCUT2D eigenvalue weighted by molar-refractivity contribution is 5.85. The normalized spacial score (nSPS) is 11.6. The SMILES string of the molecule is Cn1[nH]c(-c2cccc(C(F)(F)F)c2)c(C=O)c1=O. The van der Waals surface area contributed by atoms with Gasteiger partial charge in [-0.1, -0.05) is 12.1 Å². The third-order valence-electron chi connectivity index (χ3n) is 2.68. The van der Waals surface area contributed by atoms with Gasteiger partial charge in [0, 0.05) is 12.6 Å². The van der Waals surface area contributed by atoms with Gasteiger partial charge in [-0.25, -0.2) is 0 Å². The molecule has 1 aromatic heterocycles. The predicted octanol–water partition coefficient (Wildman–Crippen LogP) is 2.21. The molecule has 0 amide bonds. The molecule has 0 unspecified atom stereocenters. The first kappa shape index (κ1) is 13.1. The Labute approximate surface area is 105 Å². The molecule has 0 saturated heterocycles. The summed E-state index contributed by atoms with van der Waals surface area (Å²) in [4.78, 5) is 22.4. The number of halogens is 3. The molecule has 0 fully saturated rings. The van der Waals surface area contributed by atoms with Crippen molar-refractivity contribution in [1.29, 1.82) is 0 Å². The van der Waals surface area contributed by atoms with E-state index in [-0.39, 0.29) is 16.8 Å². The van der Waals surface area contributed by atoms with Crippen molar-refractivity contribution < 1.29 is 18.0 Å². The van der Waals surface area contributed by atoms with Crippen molar-refractivity contribution in [3.63, 3.8) is 0 Å². The van der Waals surface area contributed by atoms with Crippen LogP contribution >= 0.6 is 0 Å². The van der Waals surface area contributed by atoms with Crippen LogP contribution in [0.5, 0.6) is 0 Å². The minimum absolute atomic E-state index is 0.0774. The molecule has 1 heterocycles. The number of aldehydes is 1. The Bertz CT molecular complexity index is 683. The highest BCUT2D eigenvalue weighted by Gasteiger charge is 2.30. The van der Waals surface area contributed by atoms with Gasteiger partial charge in [0.25, 0.3) is 5.56 Å². The lowest BCUT2D eigenvalue weighted by atomic mass is 10.1. The number of hydrogen-bond acceptors (Lipinski definition) is 2. The quantitative estimate of drug-likeness (QED) is 0.851. The molecule has 0 aliphatic rings. The number of alkyl halides is 3. The topological polar surface area (TPSA) is 54.9 Å². The van der Waals surface area contributed by atoms with Crippen LogP contribution in [-0.2, 0) is 13.2 Å². The summed E-state index contributed by atoms with van der Waals surface area (Å²) in [6, 6.07) is 4.43. The van der Waals surface area contributed by atoms with Crippen LogP contribution in [0.15, 0.2) is 29.1 Å². The Balaban J connectivity index is 2.63. The number of H-pyrrole nitrogens is 1. The van der Waals surface area contributed by atoms with Crippen molar-refractivity contribution in [3.05, 3.63) is 45.7 Å². The monoisotopic (exact) mass is 270 g/mol. The Morgan fingerprint density at radius 3 is 2.58 bits per heavy atom. The summed E-state index contributed by atoms with van der Waals surface area (Å²) in [7, 11) is 1.38. The van der Waals surface area contributed by atoms with Crippen LogP contribution in [-0.4, -0.2) is 16.1 Å². The molecule has 0 atom stereocenters. The van der Waals surface area contributed by atoms with Crippen molar-refractivity contribution in [3.8, 4) is 11.3 Å². The molecule has 1 aromatic carbocycles. The first-order chi connectivity index (χ1) is 8.84. The van der Waals surface area contributed by atoms with E-state index in [9.17, 15) is 22.8 Å². The van der Waals surface area contributed by atoms with Gasteiger partial charge >= 0.3 is 6.18 Å². The van der Waals surface area contributed by atoms with Gasteiger partial charge in [-0.15, -0.1) is 0 Å². The van der Waals surface area contributed by atoms with Gasteiger partial charge in [0.1, 0.15) is 5.56 Å². The second-order valence-corrected chi connectivity index (χ2v) is 3.96. The standard InChI is InChI=1S/C12H9F3N2O2/c1-17-11(19)9(6-18)10(16-17)7-3-2-4-8(5-7)12(13,14)15/h2-6,16H,1H3. The molecule has 0 bridgehead atoms. The number of nitrogens with one attached hydrogen (secondary N) is 1. The molecular weight excluding hydrogens is 261 g/mol. The Morgan fingerprint density at radius 2 is 2.00 bits per heavy atom. The molecule has 0 spiro atoms. The zero-order chi connectivity index (χ0) is 14.2. The van der Waals surface area contributed by atoms with Crippen LogP contribution in [0.1, 0.15) is 15.9 Å². The lowest BCUT2D eigenvalue weighted by molar-refractivity contribution is -0.137. The molecule has 0 aliphatic heterocycles. The molecular formula is C12H9F3N2O2. The highest BCUT2D eigenvalue weighted by atomic mass is 19.4. The fourth-order valence-electron chi connectivity index (χ4n) is 1.75. The number of benzene rings is 1. The Morgan fingerprint density at radius 1 is 1.32 bits per heavy atom. The van der Waals surface area contributed by atoms with Crippen LogP contribution in [0, 0.1) is 0 Å². The molecule has 0 saturated carbocycles. The third kappa shape index (κ3) is 2.31. The average Bonchev–Trinajstić information content (AvgIpc) is 2.64. The van der Waals surface area contributed by atoms with Gasteiger partial charge in [-0.3, -0.25) is 19.4 Å². The van der Waals surface area contributed by atoms with Crippen molar-refractivity contribution in [2.45, 2.75) is 6.18 Å². The van der Waals surface area contributed by atoms with Gasteiger partial charge in [-0.05, 0) is 12.1 Å². The summed E-state index contributed by atoms with van der Waals surface area (Å²) in [5.74, 6) is 0. The molecule has 7 heteroatoms. The van der Waals surface area contributed by atoms with Crippen molar-refractivity contribution in [2.75, 3.05) is 0 Å². The second kappa shape index (κ2) is 4.42. The molecule has 100 valence electrons. The number of carbonyl (C=O) groups excluding carboxylic acids is 1. The van der Waals surface area contributed by atoms with E-state index in [0.717, 1.165) is 16.8 Å². The van der Waals surface area contributed by atoms with Crippen LogP contribution < -0.4 is 5.56 Å². The van der Waals surface area contributed by atoms with Crippen molar-refractivity contribution in [1.82, 2.24) is 9.78 Å². The summed E-state index contributed by atoms with van der Waals surface area (Å²) >= 11 is 0. The number of nitrogens with zero attached hydrogens (tertiary/aromatic N) is 1. The number of rotatable bonds is 2. The van der Waals surface area contributed by atoms with E-state index in [4.69, 9.17) is 0 Å². The van der Waals surface area contributed by atoms with Gasteiger partial charge in [0.15, 0.2) is 6.29 Å². The smallest absolute Gasteiger partial charge is 0.298 e. The number of aromatic nitrogens is 2. The van der Waals surface area contributed by atoms with E-state index in [2.05, 4.69) is 5.10 Å². The predicted molar refractivity (Wildman–Crippen MR) is 61.9 cm³/mol. The molecule has 0 radical (unpaired) electrons. The summed E-state index contributed by atoms with van der Waals surface area (Å²) < 4.78 is 38.9. The Hall–Kier alpha value is -2.31. The second-order valence-electron chi connectivity index (χ2n) is 3.96. The number of aromatic amines is 1. The fourth-order valence-corrected chi connectivity index (χ4v) is 1.75. The zero-order valence-corrected chi connectivity index (χ0v) is 9.78. The van der Waals surface area contributed by atoms with E-state index in [1.165, 1.54) is 19.2 Å². The minimum atomic E-state index is -4.48. The maximum atomic E-state index is 12.6. The Kier molecular flexibility index (Phi) is 3.05. The van der Waals surface area contributed by atoms with E-state index >= 15 is 0 Å². The van der Waals surface area contributed by atoms with Gasteiger partial charge in [0.05, 0.1) is 11.3 Å². The lowest BCUT2D eigenvalue weighted by Gasteiger charge is -2.08. The molecule has 1 N–H and O–H groups in total. The van der Waals surface area contributed by atoms with E-state index in [1.807, 2.05) is 0 Å². The van der Waals surface area contributed by atoms with Gasteiger partial charge in [0.2, 0.25) is 0 Å². The van der Waals surface area contributed by atoms with Gasteiger partial charge < -0.3 is 0 Å². The molecule has 2 rings (SSSR count). The summed E-state index contributed by atoms with van der Waals surface area (Å²) in [5, 5.41) is 2.56. The summed E-state index contributed by atoms with van der Waals surface area (Å²) in [6.07, 6.45) is -4.15. The lowest BCUT2D eigenvalue weighted by Crippen LogP contribution is -2.14. The summed E-state index contributed by atoms with van der Waals surface area (Å²) in [5.41, 5.74) is -1.40. The van der Waals surface area contributed by atoms with E-state index < -0.39 is 17.3 Å². The first-order valence-electron chi connectivity index (χ1n) is 5.26. The average molecular weight is 270 g/mol. The fraction of sp³-hybridized carbons (Fsp3) is 0.167. The number of carbonyl (C=O) groups is 1. The molecule has 0 aliphatic carbocycles. The minimum Gasteiger partial charge on any atom is -0.298 e. The van der Waals surface area contributed by atoms with E-state index in [0.29, 0.717) is 6.29 Å². The highest BCUT2D eigenvalue weighted by Crippen LogP contribution is 2.31. The zero-order valence-electron chi connectivity index (χ0n) is 9.78. The maximum absolute atomic E-state index is 12.6. The van der Waals surface area contributed by atoms with Crippen LogP contribution in [0.2, 0.25) is 0 Å². The number of aryl methyl sites for hydroxylation is 1. The summed E-state index contributed by atoms with van der Waals surface area (Å²) in [6.45, 7) is 0.